The minimum absolute atomic E-state index is 0.168. The van der Waals surface area contributed by atoms with Gasteiger partial charge in [0.15, 0.2) is 29.7 Å². The highest BCUT2D eigenvalue weighted by molar-refractivity contribution is 5.95. The number of furan rings is 1. The van der Waals surface area contributed by atoms with Crippen molar-refractivity contribution in [2.45, 2.75) is 12.3 Å². The first-order valence-corrected chi connectivity index (χ1v) is 8.51. The fourth-order valence-electron chi connectivity index (χ4n) is 3.31. The topological polar surface area (TPSA) is 127 Å². The fourth-order valence-corrected chi connectivity index (χ4v) is 3.31. The number of benzene rings is 1. The standard InChI is InChI=1S/C19H17N3O6/c1-26-12-5-4-10(7-14(12)28-9-16(24)25)11-8-15(23)20-19-17(11)18(21-22-19)13-3-2-6-27-13/h2-7,11H,8-9H2,1H3,(H,24,25)(H2,20,21,22,23). The van der Waals surface area contributed by atoms with Crippen LogP contribution in [-0.4, -0.2) is 40.9 Å². The van der Waals surface area contributed by atoms with Crippen LogP contribution in [0, 0.1) is 0 Å². The van der Waals surface area contributed by atoms with Crippen molar-refractivity contribution >= 4 is 17.7 Å². The number of nitrogens with one attached hydrogen (secondary N) is 2. The quantitative estimate of drug-likeness (QED) is 0.597. The number of nitrogens with zero attached hydrogens (tertiary/aromatic N) is 1. The maximum atomic E-state index is 12.2. The molecular formula is C19H17N3O6. The Morgan fingerprint density at radius 2 is 2.21 bits per heavy atom. The summed E-state index contributed by atoms with van der Waals surface area (Å²) in [4.78, 5) is 23.1. The molecule has 3 aromatic rings. The zero-order chi connectivity index (χ0) is 19.7. The first-order chi connectivity index (χ1) is 13.6. The van der Waals surface area contributed by atoms with Gasteiger partial charge in [-0.25, -0.2) is 4.79 Å². The maximum Gasteiger partial charge on any atom is 0.341 e. The normalized spacial score (nSPS) is 15.6. The van der Waals surface area contributed by atoms with Crippen LogP contribution in [0.3, 0.4) is 0 Å². The lowest BCUT2D eigenvalue weighted by Gasteiger charge is -2.24. The summed E-state index contributed by atoms with van der Waals surface area (Å²) < 4.78 is 16.1. The summed E-state index contributed by atoms with van der Waals surface area (Å²) in [5, 5.41) is 18.8. The molecule has 28 heavy (non-hydrogen) atoms. The van der Waals surface area contributed by atoms with Gasteiger partial charge < -0.3 is 24.3 Å². The van der Waals surface area contributed by atoms with E-state index in [1.54, 1.807) is 30.5 Å². The lowest BCUT2D eigenvalue weighted by molar-refractivity contribution is -0.139. The monoisotopic (exact) mass is 383 g/mol. The molecule has 0 fully saturated rings. The molecule has 0 aliphatic carbocycles. The number of aliphatic carboxylic acids is 1. The molecular weight excluding hydrogens is 366 g/mol. The number of ether oxygens (including phenoxy) is 2. The molecule has 0 spiro atoms. The van der Waals surface area contributed by atoms with E-state index in [1.165, 1.54) is 7.11 Å². The van der Waals surface area contributed by atoms with Gasteiger partial charge in [0.2, 0.25) is 5.91 Å². The Balaban J connectivity index is 1.78. The van der Waals surface area contributed by atoms with E-state index >= 15 is 0 Å². The molecule has 9 nitrogen and oxygen atoms in total. The highest BCUT2D eigenvalue weighted by Gasteiger charge is 2.33. The summed E-state index contributed by atoms with van der Waals surface area (Å²) in [6.07, 6.45) is 1.76. The molecule has 2 aromatic heterocycles. The predicted octanol–water partition coefficient (Wildman–Crippen LogP) is 2.62. The van der Waals surface area contributed by atoms with Crippen LogP contribution in [0.5, 0.6) is 11.5 Å². The summed E-state index contributed by atoms with van der Waals surface area (Å²) in [6.45, 7) is -0.500. The van der Waals surface area contributed by atoms with E-state index in [1.807, 2.05) is 6.07 Å². The van der Waals surface area contributed by atoms with Crippen LogP contribution in [-0.2, 0) is 9.59 Å². The SMILES string of the molecule is COc1ccc(C2CC(=O)Nc3n[nH]c(-c4ccco4)c32)cc1OCC(=O)O. The van der Waals surface area contributed by atoms with Crippen LogP contribution in [0.2, 0.25) is 0 Å². The Bertz CT molecular complexity index is 1020. The molecule has 3 N–H and O–H groups in total. The number of aromatic amines is 1. The zero-order valence-electron chi connectivity index (χ0n) is 14.9. The third-order valence-electron chi connectivity index (χ3n) is 4.51. The van der Waals surface area contributed by atoms with Crippen molar-refractivity contribution < 1.29 is 28.6 Å². The number of hydrogen-bond acceptors (Lipinski definition) is 6. The van der Waals surface area contributed by atoms with E-state index in [0.29, 0.717) is 23.0 Å². The molecule has 1 amide bonds. The Morgan fingerprint density at radius 1 is 1.36 bits per heavy atom. The van der Waals surface area contributed by atoms with Crippen LogP contribution in [0.15, 0.2) is 41.0 Å². The van der Waals surface area contributed by atoms with Crippen LogP contribution in [0.4, 0.5) is 5.82 Å². The molecule has 4 rings (SSSR count). The molecule has 144 valence electrons. The van der Waals surface area contributed by atoms with E-state index in [2.05, 4.69) is 15.5 Å². The first-order valence-electron chi connectivity index (χ1n) is 8.51. The van der Waals surface area contributed by atoms with Gasteiger partial charge in [0.25, 0.3) is 0 Å². The molecule has 9 heteroatoms. The van der Waals surface area contributed by atoms with Crippen LogP contribution < -0.4 is 14.8 Å². The lowest BCUT2D eigenvalue weighted by atomic mass is 9.85. The van der Waals surface area contributed by atoms with Gasteiger partial charge in [-0.1, -0.05) is 6.07 Å². The van der Waals surface area contributed by atoms with Crippen LogP contribution in [0.25, 0.3) is 11.5 Å². The van der Waals surface area contributed by atoms with E-state index in [4.69, 9.17) is 19.0 Å². The van der Waals surface area contributed by atoms with Crippen molar-refractivity contribution in [1.82, 2.24) is 10.2 Å². The van der Waals surface area contributed by atoms with Gasteiger partial charge in [-0.2, -0.15) is 5.10 Å². The smallest absolute Gasteiger partial charge is 0.341 e. The predicted molar refractivity (Wildman–Crippen MR) is 97.5 cm³/mol. The summed E-state index contributed by atoms with van der Waals surface area (Å²) >= 11 is 0. The van der Waals surface area contributed by atoms with Gasteiger partial charge >= 0.3 is 5.97 Å². The molecule has 1 aromatic carbocycles. The minimum Gasteiger partial charge on any atom is -0.493 e. The minimum atomic E-state index is -1.10. The van der Waals surface area contributed by atoms with Crippen molar-refractivity contribution in [3.05, 3.63) is 47.7 Å². The number of carboxylic acid groups (broad SMARTS) is 1. The Kier molecular flexibility index (Phi) is 4.48. The second-order valence-corrected chi connectivity index (χ2v) is 6.24. The van der Waals surface area contributed by atoms with Crippen molar-refractivity contribution in [2.75, 3.05) is 19.0 Å². The summed E-state index contributed by atoms with van der Waals surface area (Å²) in [5.74, 6) is 0.158. The van der Waals surface area contributed by atoms with Gasteiger partial charge in [0.1, 0.15) is 5.69 Å². The van der Waals surface area contributed by atoms with Gasteiger partial charge in [-0.05, 0) is 29.8 Å². The van der Waals surface area contributed by atoms with Crippen molar-refractivity contribution in [1.29, 1.82) is 0 Å². The number of rotatable bonds is 6. The number of methoxy groups -OCH3 is 1. The van der Waals surface area contributed by atoms with Crippen LogP contribution in [0.1, 0.15) is 23.5 Å². The molecule has 0 bridgehead atoms. The van der Waals surface area contributed by atoms with Gasteiger partial charge in [-0.3, -0.25) is 9.89 Å². The van der Waals surface area contributed by atoms with Crippen LogP contribution >= 0.6 is 0 Å². The third kappa shape index (κ3) is 3.18. The highest BCUT2D eigenvalue weighted by Crippen LogP contribution is 2.43. The number of anilines is 1. The second-order valence-electron chi connectivity index (χ2n) is 6.24. The van der Waals surface area contributed by atoms with Crippen molar-refractivity contribution in [2.24, 2.45) is 0 Å². The Labute approximate surface area is 159 Å². The molecule has 0 saturated carbocycles. The molecule has 1 atom stereocenters. The molecule has 3 heterocycles. The fraction of sp³-hybridized carbons (Fsp3) is 0.211. The Morgan fingerprint density at radius 3 is 2.93 bits per heavy atom. The number of carbonyl (C=O) groups excluding carboxylic acids is 1. The zero-order valence-corrected chi connectivity index (χ0v) is 14.9. The molecule has 1 aliphatic heterocycles. The number of carboxylic acids is 1. The maximum absolute atomic E-state index is 12.2. The molecule has 1 aliphatic rings. The number of carbonyl (C=O) groups is 2. The molecule has 0 saturated heterocycles. The largest absolute Gasteiger partial charge is 0.493 e. The Hall–Kier alpha value is -3.75. The highest BCUT2D eigenvalue weighted by atomic mass is 16.5. The van der Waals surface area contributed by atoms with Gasteiger partial charge in [0.05, 0.1) is 13.4 Å². The van der Waals surface area contributed by atoms with Crippen molar-refractivity contribution in [3.63, 3.8) is 0 Å². The van der Waals surface area contributed by atoms with E-state index in [-0.39, 0.29) is 24.0 Å². The molecule has 0 radical (unpaired) electrons. The average molecular weight is 383 g/mol. The number of amides is 1. The second kappa shape index (κ2) is 7.10. The van der Waals surface area contributed by atoms with Gasteiger partial charge in [0, 0.05) is 17.9 Å². The summed E-state index contributed by atoms with van der Waals surface area (Å²) in [7, 11) is 1.47. The van der Waals surface area contributed by atoms with E-state index in [9.17, 15) is 9.59 Å². The van der Waals surface area contributed by atoms with E-state index in [0.717, 1.165) is 11.1 Å². The molecule has 1 unspecified atom stereocenters. The van der Waals surface area contributed by atoms with E-state index < -0.39 is 12.6 Å². The summed E-state index contributed by atoms with van der Waals surface area (Å²) in [6, 6.07) is 8.76. The number of fused-ring (bicyclic) bond motifs is 1. The number of H-pyrrole nitrogens is 1. The van der Waals surface area contributed by atoms with Gasteiger partial charge in [-0.15, -0.1) is 0 Å². The number of hydrogen-bond donors (Lipinski definition) is 3. The average Bonchev–Trinajstić information content (AvgIpc) is 3.34. The number of aromatic nitrogens is 2. The lowest BCUT2D eigenvalue weighted by Crippen LogP contribution is -2.23. The third-order valence-corrected chi connectivity index (χ3v) is 4.51. The first kappa shape index (κ1) is 17.7. The van der Waals surface area contributed by atoms with Crippen molar-refractivity contribution in [3.8, 4) is 23.0 Å². The summed E-state index contributed by atoms with van der Waals surface area (Å²) in [5.41, 5.74) is 2.24.